The molecule has 0 saturated carbocycles. The lowest BCUT2D eigenvalue weighted by Gasteiger charge is -2.28. The van der Waals surface area contributed by atoms with Gasteiger partial charge < -0.3 is 24.4 Å². The molecule has 1 atom stereocenters. The molecule has 5 nitrogen and oxygen atoms in total. The van der Waals surface area contributed by atoms with E-state index in [1.807, 2.05) is 43.3 Å². The summed E-state index contributed by atoms with van der Waals surface area (Å²) < 4.78 is 16.7. The Hall–Kier alpha value is -2.31. The van der Waals surface area contributed by atoms with E-state index in [1.165, 1.54) is 5.56 Å². The van der Waals surface area contributed by atoms with Crippen molar-refractivity contribution in [2.24, 2.45) is 0 Å². The van der Waals surface area contributed by atoms with E-state index in [0.717, 1.165) is 43.2 Å². The Morgan fingerprint density at radius 1 is 1.21 bits per heavy atom. The Morgan fingerprint density at radius 3 is 2.71 bits per heavy atom. The Labute approximate surface area is 172 Å². The zero-order chi connectivity index (χ0) is 19.8. The molecule has 0 spiro atoms. The number of hydrogen-bond acceptors (Lipinski definition) is 4. The molecule has 2 aromatic rings. The number of rotatable bonds is 8. The lowest BCUT2D eigenvalue weighted by atomic mass is 10.2. The molecule has 1 aliphatic rings. The second-order valence-electron chi connectivity index (χ2n) is 6.75. The molecular weight excluding hydrogens is 372 g/mol. The van der Waals surface area contributed by atoms with E-state index in [2.05, 4.69) is 22.3 Å². The zero-order valence-corrected chi connectivity index (χ0v) is 17.3. The first-order chi connectivity index (χ1) is 13.7. The first kappa shape index (κ1) is 20.4. The van der Waals surface area contributed by atoms with Crippen LogP contribution < -0.4 is 14.8 Å². The van der Waals surface area contributed by atoms with Crippen LogP contribution in [0.4, 0.5) is 5.69 Å². The number of nitrogens with zero attached hydrogens (tertiary/aromatic N) is 1. The van der Waals surface area contributed by atoms with Crippen molar-refractivity contribution in [1.82, 2.24) is 4.90 Å². The van der Waals surface area contributed by atoms with Gasteiger partial charge in [-0.25, -0.2) is 0 Å². The van der Waals surface area contributed by atoms with E-state index in [1.54, 1.807) is 7.11 Å². The minimum Gasteiger partial charge on any atom is -0.497 e. The van der Waals surface area contributed by atoms with Gasteiger partial charge in [-0.2, -0.15) is 0 Å². The Balaban J connectivity index is 1.70. The molecule has 6 heteroatoms. The highest BCUT2D eigenvalue weighted by Gasteiger charge is 2.21. The summed E-state index contributed by atoms with van der Waals surface area (Å²) in [5.74, 6) is 1.68. The third-order valence-electron chi connectivity index (χ3n) is 4.66. The molecule has 0 aliphatic carbocycles. The van der Waals surface area contributed by atoms with Crippen molar-refractivity contribution < 1.29 is 14.2 Å². The standard InChI is InChI=1S/C22H28N2O3S/c1-3-26-19-11-9-17(10-12-19)15-24(16-21-8-5-13-27-21)22(28)23-18-6-4-7-20(14-18)25-2/h4,6-7,9-12,14,21H,3,5,8,13,15-16H2,1-2H3,(H,23,28). The molecule has 1 heterocycles. The van der Waals surface area contributed by atoms with Gasteiger partial charge in [-0.1, -0.05) is 18.2 Å². The van der Waals surface area contributed by atoms with Crippen LogP contribution in [0.25, 0.3) is 0 Å². The van der Waals surface area contributed by atoms with Crippen LogP contribution in [-0.2, 0) is 11.3 Å². The van der Waals surface area contributed by atoms with Crippen molar-refractivity contribution >= 4 is 23.0 Å². The molecule has 1 saturated heterocycles. The van der Waals surface area contributed by atoms with Crippen LogP contribution in [-0.4, -0.2) is 43.0 Å². The number of anilines is 1. The van der Waals surface area contributed by atoms with E-state index in [4.69, 9.17) is 26.4 Å². The molecule has 150 valence electrons. The number of nitrogens with one attached hydrogen (secondary N) is 1. The molecule has 0 radical (unpaired) electrons. The van der Waals surface area contributed by atoms with Gasteiger partial charge in [0.25, 0.3) is 0 Å². The normalized spacial score (nSPS) is 15.9. The average Bonchev–Trinajstić information content (AvgIpc) is 3.22. The predicted molar refractivity (Wildman–Crippen MR) is 116 cm³/mol. The minimum atomic E-state index is 0.216. The van der Waals surface area contributed by atoms with Crippen LogP contribution in [0.2, 0.25) is 0 Å². The number of benzene rings is 2. The fourth-order valence-corrected chi connectivity index (χ4v) is 3.49. The molecule has 0 bridgehead atoms. The number of thiocarbonyl (C=S) groups is 1. The molecule has 1 fully saturated rings. The summed E-state index contributed by atoms with van der Waals surface area (Å²) >= 11 is 5.73. The smallest absolute Gasteiger partial charge is 0.173 e. The number of ether oxygens (including phenoxy) is 3. The van der Waals surface area contributed by atoms with E-state index in [-0.39, 0.29) is 6.10 Å². The Kier molecular flexibility index (Phi) is 7.51. The molecular formula is C22H28N2O3S. The molecule has 3 rings (SSSR count). The van der Waals surface area contributed by atoms with Crippen LogP contribution in [0.3, 0.4) is 0 Å². The summed E-state index contributed by atoms with van der Waals surface area (Å²) in [6.07, 6.45) is 2.40. The summed E-state index contributed by atoms with van der Waals surface area (Å²) in [7, 11) is 1.66. The Morgan fingerprint density at radius 2 is 2.04 bits per heavy atom. The zero-order valence-electron chi connectivity index (χ0n) is 16.5. The Bertz CT molecular complexity index is 761. The largest absolute Gasteiger partial charge is 0.497 e. The number of hydrogen-bond donors (Lipinski definition) is 1. The first-order valence-corrected chi connectivity index (χ1v) is 10.1. The monoisotopic (exact) mass is 400 g/mol. The van der Waals surface area contributed by atoms with E-state index in [9.17, 15) is 0 Å². The first-order valence-electron chi connectivity index (χ1n) is 9.71. The number of methoxy groups -OCH3 is 1. The van der Waals surface area contributed by atoms with Crippen molar-refractivity contribution in [2.45, 2.75) is 32.4 Å². The lowest BCUT2D eigenvalue weighted by molar-refractivity contribution is 0.0905. The van der Waals surface area contributed by atoms with Gasteiger partial charge in [0.2, 0.25) is 0 Å². The van der Waals surface area contributed by atoms with Gasteiger partial charge in [-0.15, -0.1) is 0 Å². The molecule has 1 N–H and O–H groups in total. The average molecular weight is 401 g/mol. The maximum atomic E-state index is 5.84. The van der Waals surface area contributed by atoms with Crippen molar-refractivity contribution in [3.8, 4) is 11.5 Å². The maximum absolute atomic E-state index is 5.84. The molecule has 1 aliphatic heterocycles. The van der Waals surface area contributed by atoms with Crippen LogP contribution >= 0.6 is 12.2 Å². The predicted octanol–water partition coefficient (Wildman–Crippen LogP) is 4.47. The summed E-state index contributed by atoms with van der Waals surface area (Å²) in [5, 5.41) is 4.02. The highest BCUT2D eigenvalue weighted by Crippen LogP contribution is 2.20. The molecule has 2 aromatic carbocycles. The van der Waals surface area contributed by atoms with Gasteiger partial charge in [0, 0.05) is 31.5 Å². The van der Waals surface area contributed by atoms with Crippen molar-refractivity contribution in [2.75, 3.05) is 32.2 Å². The summed E-state index contributed by atoms with van der Waals surface area (Å²) in [5.41, 5.74) is 2.09. The van der Waals surface area contributed by atoms with Gasteiger partial charge in [-0.05, 0) is 61.8 Å². The van der Waals surface area contributed by atoms with Crippen molar-refractivity contribution in [3.05, 3.63) is 54.1 Å². The topological polar surface area (TPSA) is 43.0 Å². The van der Waals surface area contributed by atoms with Crippen LogP contribution in [0.15, 0.2) is 48.5 Å². The van der Waals surface area contributed by atoms with Crippen molar-refractivity contribution in [1.29, 1.82) is 0 Å². The highest BCUT2D eigenvalue weighted by atomic mass is 32.1. The lowest BCUT2D eigenvalue weighted by Crippen LogP contribution is -2.39. The third kappa shape index (κ3) is 5.84. The van der Waals surface area contributed by atoms with Gasteiger partial charge >= 0.3 is 0 Å². The fraction of sp³-hybridized carbons (Fsp3) is 0.409. The highest BCUT2D eigenvalue weighted by molar-refractivity contribution is 7.80. The van der Waals surface area contributed by atoms with Crippen LogP contribution in [0.1, 0.15) is 25.3 Å². The fourth-order valence-electron chi connectivity index (χ4n) is 3.23. The SMILES string of the molecule is CCOc1ccc(CN(CC2CCCO2)C(=S)Nc2cccc(OC)c2)cc1. The second kappa shape index (κ2) is 10.3. The van der Waals surface area contributed by atoms with Crippen LogP contribution in [0.5, 0.6) is 11.5 Å². The molecule has 1 unspecified atom stereocenters. The summed E-state index contributed by atoms with van der Waals surface area (Å²) in [6, 6.07) is 16.0. The quantitative estimate of drug-likeness (QED) is 0.660. The van der Waals surface area contributed by atoms with Gasteiger partial charge in [0.1, 0.15) is 11.5 Å². The van der Waals surface area contributed by atoms with Gasteiger partial charge in [0.05, 0.1) is 19.8 Å². The van der Waals surface area contributed by atoms with Gasteiger partial charge in [0.15, 0.2) is 5.11 Å². The van der Waals surface area contributed by atoms with E-state index < -0.39 is 0 Å². The molecule has 0 aromatic heterocycles. The summed E-state index contributed by atoms with van der Waals surface area (Å²) in [6.45, 7) is 4.96. The molecule has 28 heavy (non-hydrogen) atoms. The van der Waals surface area contributed by atoms with Crippen molar-refractivity contribution in [3.63, 3.8) is 0 Å². The molecule has 0 amide bonds. The second-order valence-corrected chi connectivity index (χ2v) is 7.14. The minimum absolute atomic E-state index is 0.216. The van der Waals surface area contributed by atoms with E-state index in [0.29, 0.717) is 18.3 Å². The maximum Gasteiger partial charge on any atom is 0.173 e. The third-order valence-corrected chi connectivity index (χ3v) is 5.02. The summed E-state index contributed by atoms with van der Waals surface area (Å²) in [4.78, 5) is 2.17. The van der Waals surface area contributed by atoms with Crippen LogP contribution in [0, 0.1) is 0 Å². The van der Waals surface area contributed by atoms with E-state index >= 15 is 0 Å². The van der Waals surface area contributed by atoms with Gasteiger partial charge in [-0.3, -0.25) is 0 Å².